The third kappa shape index (κ3) is 7.56. The van der Waals surface area contributed by atoms with Crippen LogP contribution in [0.1, 0.15) is 31.4 Å². The lowest BCUT2D eigenvalue weighted by atomic mass is 10.1. The first-order chi connectivity index (χ1) is 15.4. The number of nitrogens with one attached hydrogen (secondary N) is 2. The molecule has 0 spiro atoms. The van der Waals surface area contributed by atoms with Crippen LogP contribution in [0.3, 0.4) is 0 Å². The van der Waals surface area contributed by atoms with Gasteiger partial charge in [-0.2, -0.15) is 5.10 Å². The number of amides is 2. The van der Waals surface area contributed by atoms with Gasteiger partial charge in [0.1, 0.15) is 11.8 Å². The Morgan fingerprint density at radius 3 is 2.50 bits per heavy atom. The van der Waals surface area contributed by atoms with Crippen LogP contribution in [-0.4, -0.2) is 44.9 Å². The molecule has 8 nitrogen and oxygen atoms in total. The Bertz CT molecular complexity index is 947. The monoisotopic (exact) mass is 505 g/mol. The van der Waals surface area contributed by atoms with Gasteiger partial charge in [0.05, 0.1) is 37.9 Å². The Labute approximate surface area is 196 Å². The van der Waals surface area contributed by atoms with Crippen LogP contribution in [0.15, 0.2) is 46.0 Å². The highest BCUT2D eigenvalue weighted by Crippen LogP contribution is 2.36. The van der Waals surface area contributed by atoms with Gasteiger partial charge in [-0.25, -0.2) is 5.43 Å². The first-order valence-electron chi connectivity index (χ1n) is 10.1. The summed E-state index contributed by atoms with van der Waals surface area (Å²) in [4.78, 5) is 24.5. The molecule has 2 amide bonds. The van der Waals surface area contributed by atoms with Gasteiger partial charge in [-0.05, 0) is 64.7 Å². The van der Waals surface area contributed by atoms with Crippen molar-refractivity contribution in [2.24, 2.45) is 5.10 Å². The molecule has 0 aliphatic rings. The van der Waals surface area contributed by atoms with Crippen molar-refractivity contribution in [2.45, 2.75) is 32.7 Å². The SMILES string of the molecule is CCCOc1c(Br)cc(C=NNC(=O)C(C)NC(=O)Cc2ccc(OC)cc2)cc1OC. The first kappa shape index (κ1) is 25.2. The van der Waals surface area contributed by atoms with Gasteiger partial charge in [0.25, 0.3) is 5.91 Å². The third-order valence-corrected chi connectivity index (χ3v) is 4.97. The zero-order chi connectivity index (χ0) is 23.5. The molecular weight excluding hydrogens is 478 g/mol. The highest BCUT2D eigenvalue weighted by atomic mass is 79.9. The van der Waals surface area contributed by atoms with E-state index < -0.39 is 11.9 Å². The molecule has 0 saturated carbocycles. The Morgan fingerprint density at radius 1 is 1.16 bits per heavy atom. The van der Waals surface area contributed by atoms with Crippen molar-refractivity contribution in [2.75, 3.05) is 20.8 Å². The van der Waals surface area contributed by atoms with Crippen LogP contribution >= 0.6 is 15.9 Å². The molecule has 2 rings (SSSR count). The number of rotatable bonds is 11. The van der Waals surface area contributed by atoms with Crippen molar-refractivity contribution >= 4 is 34.0 Å². The second-order valence-corrected chi connectivity index (χ2v) is 7.79. The van der Waals surface area contributed by atoms with E-state index in [-0.39, 0.29) is 12.3 Å². The number of halogens is 1. The van der Waals surface area contributed by atoms with Crippen LogP contribution < -0.4 is 25.0 Å². The van der Waals surface area contributed by atoms with Crippen LogP contribution in [0.4, 0.5) is 0 Å². The number of carbonyl (C=O) groups is 2. The van der Waals surface area contributed by atoms with Gasteiger partial charge in [-0.15, -0.1) is 0 Å². The molecule has 0 aliphatic carbocycles. The summed E-state index contributed by atoms with van der Waals surface area (Å²) in [6.07, 6.45) is 2.52. The predicted octanol–water partition coefficient (Wildman–Crippen LogP) is 3.45. The Balaban J connectivity index is 1.90. The third-order valence-electron chi connectivity index (χ3n) is 4.39. The van der Waals surface area contributed by atoms with Crippen LogP contribution in [-0.2, 0) is 16.0 Å². The molecule has 0 aromatic heterocycles. The number of hydrazone groups is 1. The van der Waals surface area contributed by atoms with Crippen molar-refractivity contribution < 1.29 is 23.8 Å². The fourth-order valence-electron chi connectivity index (χ4n) is 2.71. The topological polar surface area (TPSA) is 98.2 Å². The maximum atomic E-state index is 12.3. The van der Waals surface area contributed by atoms with E-state index in [1.54, 1.807) is 51.5 Å². The fraction of sp³-hybridized carbons (Fsp3) is 0.348. The van der Waals surface area contributed by atoms with Gasteiger partial charge in [0.15, 0.2) is 11.5 Å². The molecule has 0 aliphatic heterocycles. The number of ether oxygens (including phenoxy) is 3. The molecule has 0 fully saturated rings. The van der Waals surface area contributed by atoms with E-state index in [4.69, 9.17) is 14.2 Å². The van der Waals surface area contributed by atoms with Crippen molar-refractivity contribution in [3.8, 4) is 17.2 Å². The summed E-state index contributed by atoms with van der Waals surface area (Å²) in [5, 5.41) is 6.63. The summed E-state index contributed by atoms with van der Waals surface area (Å²) < 4.78 is 16.9. The largest absolute Gasteiger partial charge is 0.497 e. The van der Waals surface area contributed by atoms with E-state index in [1.165, 1.54) is 6.21 Å². The highest BCUT2D eigenvalue weighted by molar-refractivity contribution is 9.10. The Morgan fingerprint density at radius 2 is 1.88 bits per heavy atom. The number of benzene rings is 2. The van der Waals surface area contributed by atoms with E-state index >= 15 is 0 Å². The van der Waals surface area contributed by atoms with Gasteiger partial charge in [0, 0.05) is 0 Å². The van der Waals surface area contributed by atoms with Gasteiger partial charge in [0.2, 0.25) is 5.91 Å². The van der Waals surface area contributed by atoms with Crippen LogP contribution in [0.25, 0.3) is 0 Å². The maximum Gasteiger partial charge on any atom is 0.262 e. The van der Waals surface area contributed by atoms with Gasteiger partial charge in [-0.3, -0.25) is 9.59 Å². The molecule has 172 valence electrons. The van der Waals surface area contributed by atoms with E-state index in [0.29, 0.717) is 29.4 Å². The summed E-state index contributed by atoms with van der Waals surface area (Å²) in [6.45, 7) is 4.18. The smallest absolute Gasteiger partial charge is 0.262 e. The molecular formula is C23H28BrN3O5. The van der Waals surface area contributed by atoms with E-state index in [1.807, 2.05) is 13.0 Å². The van der Waals surface area contributed by atoms with Crippen LogP contribution in [0.5, 0.6) is 17.2 Å². The van der Waals surface area contributed by atoms with Crippen LogP contribution in [0, 0.1) is 0 Å². The first-order valence-corrected chi connectivity index (χ1v) is 10.9. The molecule has 2 aromatic rings. The molecule has 1 atom stereocenters. The number of hydrogen-bond donors (Lipinski definition) is 2. The van der Waals surface area contributed by atoms with Gasteiger partial charge < -0.3 is 19.5 Å². The van der Waals surface area contributed by atoms with Crippen molar-refractivity contribution in [1.82, 2.24) is 10.7 Å². The van der Waals surface area contributed by atoms with E-state index in [0.717, 1.165) is 16.5 Å². The second-order valence-electron chi connectivity index (χ2n) is 6.93. The minimum Gasteiger partial charge on any atom is -0.497 e. The standard InChI is InChI=1S/C23H28BrN3O5/c1-5-10-32-22-19(24)11-17(12-20(22)31-4)14-25-27-23(29)15(2)26-21(28)13-16-6-8-18(30-3)9-7-16/h6-9,11-12,14-15H,5,10,13H2,1-4H3,(H,26,28)(H,27,29). The predicted molar refractivity (Wildman–Crippen MR) is 127 cm³/mol. The minimum atomic E-state index is -0.746. The van der Waals surface area contributed by atoms with E-state index in [2.05, 4.69) is 31.8 Å². The highest BCUT2D eigenvalue weighted by Gasteiger charge is 2.15. The lowest BCUT2D eigenvalue weighted by molar-refractivity contribution is -0.128. The molecule has 0 bridgehead atoms. The molecule has 0 heterocycles. The number of hydrogen-bond acceptors (Lipinski definition) is 6. The quantitative estimate of drug-likeness (QED) is 0.360. The number of methoxy groups -OCH3 is 2. The Hall–Kier alpha value is -3.07. The fourth-order valence-corrected chi connectivity index (χ4v) is 3.29. The molecule has 0 radical (unpaired) electrons. The molecule has 1 unspecified atom stereocenters. The molecule has 9 heteroatoms. The average Bonchev–Trinajstić information content (AvgIpc) is 2.78. The van der Waals surface area contributed by atoms with E-state index in [9.17, 15) is 9.59 Å². The summed E-state index contributed by atoms with van der Waals surface area (Å²) in [5.74, 6) is 1.19. The summed E-state index contributed by atoms with van der Waals surface area (Å²) in [5.41, 5.74) is 3.96. The molecule has 0 saturated heterocycles. The summed E-state index contributed by atoms with van der Waals surface area (Å²) in [7, 11) is 3.14. The summed E-state index contributed by atoms with van der Waals surface area (Å²) >= 11 is 3.47. The van der Waals surface area contributed by atoms with Gasteiger partial charge >= 0.3 is 0 Å². The molecule has 32 heavy (non-hydrogen) atoms. The van der Waals surface area contributed by atoms with Crippen molar-refractivity contribution in [3.05, 3.63) is 52.0 Å². The average molecular weight is 506 g/mol. The van der Waals surface area contributed by atoms with Crippen molar-refractivity contribution in [3.63, 3.8) is 0 Å². The summed E-state index contributed by atoms with van der Waals surface area (Å²) in [6, 6.07) is 9.99. The van der Waals surface area contributed by atoms with Gasteiger partial charge in [-0.1, -0.05) is 19.1 Å². The number of nitrogens with zero attached hydrogens (tertiary/aromatic N) is 1. The lowest BCUT2D eigenvalue weighted by Crippen LogP contribution is -2.43. The van der Waals surface area contributed by atoms with Crippen molar-refractivity contribution in [1.29, 1.82) is 0 Å². The lowest BCUT2D eigenvalue weighted by Gasteiger charge is -2.13. The normalized spacial score (nSPS) is 11.7. The maximum absolute atomic E-state index is 12.3. The number of carbonyl (C=O) groups excluding carboxylic acids is 2. The van der Waals surface area contributed by atoms with Crippen LogP contribution in [0.2, 0.25) is 0 Å². The Kier molecular flexibility index (Phi) is 10.0. The molecule has 2 aromatic carbocycles. The zero-order valence-corrected chi connectivity index (χ0v) is 20.2. The minimum absolute atomic E-state index is 0.158. The zero-order valence-electron chi connectivity index (χ0n) is 18.6. The molecule has 2 N–H and O–H groups in total. The second kappa shape index (κ2) is 12.7.